The number of aromatic nitrogens is 3. The van der Waals surface area contributed by atoms with Gasteiger partial charge in [-0.3, -0.25) is 5.10 Å². The SMILES string of the molecule is Cc1nc(SC(=Cc2cccc(OCc3ccccc3)c2)C(=O)O)n[nH]1. The van der Waals surface area contributed by atoms with Gasteiger partial charge in [-0.15, -0.1) is 5.10 Å². The fourth-order valence-corrected chi connectivity index (χ4v) is 2.94. The summed E-state index contributed by atoms with van der Waals surface area (Å²) < 4.78 is 5.78. The van der Waals surface area contributed by atoms with Crippen molar-refractivity contribution < 1.29 is 14.6 Å². The summed E-state index contributed by atoms with van der Waals surface area (Å²) in [5, 5.41) is 16.5. The van der Waals surface area contributed by atoms with Gasteiger partial charge in [0.15, 0.2) is 0 Å². The molecule has 1 aromatic heterocycles. The van der Waals surface area contributed by atoms with E-state index in [-0.39, 0.29) is 4.91 Å². The van der Waals surface area contributed by atoms with Gasteiger partial charge >= 0.3 is 5.97 Å². The monoisotopic (exact) mass is 367 g/mol. The number of nitrogens with one attached hydrogen (secondary N) is 1. The van der Waals surface area contributed by atoms with Crippen LogP contribution in [-0.4, -0.2) is 26.3 Å². The lowest BCUT2D eigenvalue weighted by Gasteiger charge is -2.07. The van der Waals surface area contributed by atoms with E-state index in [1.165, 1.54) is 0 Å². The molecule has 0 spiro atoms. The highest BCUT2D eigenvalue weighted by molar-refractivity contribution is 8.04. The molecule has 0 unspecified atom stereocenters. The van der Waals surface area contributed by atoms with Crippen molar-refractivity contribution in [1.29, 1.82) is 0 Å². The molecule has 3 rings (SSSR count). The molecule has 1 heterocycles. The number of ether oxygens (including phenoxy) is 1. The standard InChI is InChI=1S/C19H17N3O3S/c1-13-20-19(22-21-13)26-17(18(23)24)11-15-8-5-9-16(10-15)25-12-14-6-3-2-4-7-14/h2-11H,12H2,1H3,(H,23,24)(H,20,21,22). The van der Waals surface area contributed by atoms with E-state index in [0.29, 0.717) is 23.3 Å². The summed E-state index contributed by atoms with van der Waals surface area (Å²) in [6.45, 7) is 2.21. The summed E-state index contributed by atoms with van der Waals surface area (Å²) in [4.78, 5) is 15.8. The second-order valence-electron chi connectivity index (χ2n) is 5.47. The van der Waals surface area contributed by atoms with E-state index < -0.39 is 5.97 Å². The number of hydrogen-bond donors (Lipinski definition) is 2. The van der Waals surface area contributed by atoms with Crippen LogP contribution < -0.4 is 4.74 Å². The first-order chi connectivity index (χ1) is 12.6. The van der Waals surface area contributed by atoms with E-state index in [1.807, 2.05) is 48.5 Å². The Hall–Kier alpha value is -3.06. The van der Waals surface area contributed by atoms with Crippen LogP contribution in [0.1, 0.15) is 17.0 Å². The van der Waals surface area contributed by atoms with Crippen LogP contribution in [0.15, 0.2) is 64.7 Å². The molecular formula is C19H17N3O3S. The minimum Gasteiger partial charge on any atom is -0.489 e. The first-order valence-corrected chi connectivity index (χ1v) is 8.70. The van der Waals surface area contributed by atoms with E-state index in [4.69, 9.17) is 4.74 Å². The molecule has 26 heavy (non-hydrogen) atoms. The van der Waals surface area contributed by atoms with E-state index in [9.17, 15) is 9.90 Å². The van der Waals surface area contributed by atoms with Crippen LogP contribution in [0.2, 0.25) is 0 Å². The van der Waals surface area contributed by atoms with E-state index in [0.717, 1.165) is 22.9 Å². The van der Waals surface area contributed by atoms with Crippen LogP contribution in [0.4, 0.5) is 0 Å². The van der Waals surface area contributed by atoms with Crippen molar-refractivity contribution in [1.82, 2.24) is 15.2 Å². The maximum Gasteiger partial charge on any atom is 0.342 e. The Balaban J connectivity index is 1.74. The fraction of sp³-hybridized carbons (Fsp3) is 0.105. The minimum atomic E-state index is -1.03. The summed E-state index contributed by atoms with van der Waals surface area (Å²) in [6, 6.07) is 17.1. The van der Waals surface area contributed by atoms with Crippen LogP contribution in [0.5, 0.6) is 5.75 Å². The topological polar surface area (TPSA) is 88.1 Å². The summed E-state index contributed by atoms with van der Waals surface area (Å²) >= 11 is 0.996. The zero-order valence-electron chi connectivity index (χ0n) is 14.0. The highest BCUT2D eigenvalue weighted by Gasteiger charge is 2.13. The maximum atomic E-state index is 11.5. The van der Waals surface area contributed by atoms with Crippen molar-refractivity contribution in [2.24, 2.45) is 0 Å². The number of rotatable bonds is 7. The number of carbonyl (C=O) groups is 1. The number of aromatic amines is 1. The predicted molar refractivity (Wildman–Crippen MR) is 99.8 cm³/mol. The molecule has 0 radical (unpaired) electrons. The third-order valence-corrected chi connectivity index (χ3v) is 4.27. The van der Waals surface area contributed by atoms with Gasteiger partial charge < -0.3 is 9.84 Å². The largest absolute Gasteiger partial charge is 0.489 e. The second kappa shape index (κ2) is 8.35. The Morgan fingerprint density at radius 3 is 2.73 bits per heavy atom. The molecular weight excluding hydrogens is 350 g/mol. The molecule has 0 bridgehead atoms. The molecule has 0 aliphatic carbocycles. The van der Waals surface area contributed by atoms with Gasteiger partial charge in [0.2, 0.25) is 5.16 Å². The average Bonchev–Trinajstić information content (AvgIpc) is 3.05. The molecule has 2 N–H and O–H groups in total. The number of thioether (sulfide) groups is 1. The van der Waals surface area contributed by atoms with Gasteiger partial charge in [0.1, 0.15) is 23.1 Å². The minimum absolute atomic E-state index is 0.129. The first-order valence-electron chi connectivity index (χ1n) is 7.89. The van der Waals surface area contributed by atoms with Crippen LogP contribution in [0, 0.1) is 6.92 Å². The number of aryl methyl sites for hydroxylation is 1. The zero-order valence-corrected chi connectivity index (χ0v) is 14.9. The van der Waals surface area contributed by atoms with Crippen LogP contribution in [0.25, 0.3) is 6.08 Å². The fourth-order valence-electron chi connectivity index (χ4n) is 2.19. The maximum absolute atomic E-state index is 11.5. The third kappa shape index (κ3) is 4.97. The van der Waals surface area contributed by atoms with Gasteiger partial charge in [0.25, 0.3) is 0 Å². The van der Waals surface area contributed by atoms with Gasteiger partial charge in [-0.05, 0) is 48.0 Å². The third-order valence-electron chi connectivity index (χ3n) is 3.39. The molecule has 0 aliphatic rings. The number of carboxylic acid groups (broad SMARTS) is 1. The van der Waals surface area contributed by atoms with E-state index in [2.05, 4.69) is 15.2 Å². The second-order valence-corrected chi connectivity index (χ2v) is 6.48. The lowest BCUT2D eigenvalue weighted by atomic mass is 10.2. The van der Waals surface area contributed by atoms with Crippen LogP contribution in [-0.2, 0) is 11.4 Å². The summed E-state index contributed by atoms with van der Waals surface area (Å²) in [6.07, 6.45) is 1.58. The van der Waals surface area contributed by atoms with Gasteiger partial charge in [0, 0.05) is 0 Å². The molecule has 0 fully saturated rings. The molecule has 0 saturated heterocycles. The molecule has 7 heteroatoms. The summed E-state index contributed by atoms with van der Waals surface area (Å²) in [5.41, 5.74) is 1.79. The normalized spacial score (nSPS) is 11.3. The number of benzene rings is 2. The Morgan fingerprint density at radius 1 is 1.23 bits per heavy atom. The van der Waals surface area contributed by atoms with Crippen molar-refractivity contribution >= 4 is 23.8 Å². The Kier molecular flexibility index (Phi) is 5.70. The van der Waals surface area contributed by atoms with Crippen molar-refractivity contribution in [3.8, 4) is 5.75 Å². The van der Waals surface area contributed by atoms with E-state index >= 15 is 0 Å². The summed E-state index contributed by atoms with van der Waals surface area (Å²) in [5.74, 6) is 0.271. The van der Waals surface area contributed by atoms with Gasteiger partial charge in [-0.1, -0.05) is 42.5 Å². The molecule has 3 aromatic rings. The van der Waals surface area contributed by atoms with Crippen molar-refractivity contribution in [2.75, 3.05) is 0 Å². The molecule has 2 aromatic carbocycles. The molecule has 0 aliphatic heterocycles. The number of hydrogen-bond acceptors (Lipinski definition) is 5. The molecule has 0 atom stereocenters. The van der Waals surface area contributed by atoms with Crippen molar-refractivity contribution in [3.63, 3.8) is 0 Å². The van der Waals surface area contributed by atoms with E-state index in [1.54, 1.807) is 19.1 Å². The number of H-pyrrole nitrogens is 1. The Labute approximate surface area is 154 Å². The molecule has 132 valence electrons. The summed E-state index contributed by atoms with van der Waals surface area (Å²) in [7, 11) is 0. The first kappa shape index (κ1) is 17.8. The smallest absolute Gasteiger partial charge is 0.342 e. The average molecular weight is 367 g/mol. The molecule has 0 saturated carbocycles. The predicted octanol–water partition coefficient (Wildman–Crippen LogP) is 3.91. The van der Waals surface area contributed by atoms with Crippen molar-refractivity contribution in [3.05, 3.63) is 76.5 Å². The Bertz CT molecular complexity index is 923. The molecule has 0 amide bonds. The number of nitrogens with zero attached hydrogens (tertiary/aromatic N) is 2. The quantitative estimate of drug-likeness (QED) is 0.486. The highest BCUT2D eigenvalue weighted by Crippen LogP contribution is 2.26. The lowest BCUT2D eigenvalue weighted by Crippen LogP contribution is -1.98. The zero-order chi connectivity index (χ0) is 18.4. The highest BCUT2D eigenvalue weighted by atomic mass is 32.2. The van der Waals surface area contributed by atoms with Gasteiger partial charge in [0.05, 0.1) is 0 Å². The van der Waals surface area contributed by atoms with Crippen LogP contribution in [0.3, 0.4) is 0 Å². The lowest BCUT2D eigenvalue weighted by molar-refractivity contribution is -0.131. The number of carboxylic acids is 1. The van der Waals surface area contributed by atoms with Gasteiger partial charge in [-0.25, -0.2) is 9.78 Å². The van der Waals surface area contributed by atoms with Crippen LogP contribution >= 0.6 is 11.8 Å². The van der Waals surface area contributed by atoms with Crippen molar-refractivity contribution in [2.45, 2.75) is 18.7 Å². The van der Waals surface area contributed by atoms with Gasteiger partial charge in [-0.2, -0.15) is 0 Å². The Morgan fingerprint density at radius 2 is 2.04 bits per heavy atom. The molecule has 6 nitrogen and oxygen atoms in total. The number of aliphatic carboxylic acids is 1.